The molecule has 0 aliphatic rings. The summed E-state index contributed by atoms with van der Waals surface area (Å²) in [6.07, 6.45) is 1.73. The van der Waals surface area contributed by atoms with Gasteiger partial charge >= 0.3 is 0 Å². The number of hydrogen-bond donors (Lipinski definition) is 3. The van der Waals surface area contributed by atoms with Gasteiger partial charge in [-0.05, 0) is 42.9 Å². The number of para-hydroxylation sites is 3. The predicted octanol–water partition coefficient (Wildman–Crippen LogP) is 3.07. The predicted molar refractivity (Wildman–Crippen MR) is 115 cm³/mol. The first kappa shape index (κ1) is 19.1. The SMILES string of the molecule is O=C(CCn1c(=S)[nH]c2ccccc2c1=O)NCCCc1nc2ccccc2[nH]1. The van der Waals surface area contributed by atoms with Gasteiger partial charge < -0.3 is 15.3 Å². The maximum absolute atomic E-state index is 12.6. The highest BCUT2D eigenvalue weighted by atomic mass is 32.1. The van der Waals surface area contributed by atoms with Gasteiger partial charge in [0.15, 0.2) is 4.77 Å². The number of carbonyl (C=O) groups is 1. The molecule has 0 fully saturated rings. The zero-order valence-corrected chi connectivity index (χ0v) is 16.6. The lowest BCUT2D eigenvalue weighted by Crippen LogP contribution is -2.29. The van der Waals surface area contributed by atoms with Crippen molar-refractivity contribution in [1.82, 2.24) is 24.8 Å². The van der Waals surface area contributed by atoms with Gasteiger partial charge in [-0.25, -0.2) is 4.98 Å². The molecule has 0 radical (unpaired) electrons. The number of rotatable bonds is 7. The van der Waals surface area contributed by atoms with Crippen LogP contribution < -0.4 is 10.9 Å². The Morgan fingerprint density at radius 1 is 1.07 bits per heavy atom. The van der Waals surface area contributed by atoms with Gasteiger partial charge in [0.05, 0.1) is 21.9 Å². The standard InChI is InChI=1S/C21H21N5O2S/c27-19(22-12-5-10-18-23-16-8-3-4-9-17(16)24-18)11-13-26-20(28)14-6-1-2-7-15(14)25-21(26)29/h1-4,6-9H,5,10-13H2,(H,22,27)(H,23,24)(H,25,29). The Bertz CT molecular complexity index is 1250. The molecule has 3 N–H and O–H groups in total. The number of aryl methyl sites for hydroxylation is 1. The van der Waals surface area contributed by atoms with Crippen molar-refractivity contribution in [2.75, 3.05) is 6.54 Å². The molecule has 7 nitrogen and oxygen atoms in total. The number of aromatic nitrogens is 4. The summed E-state index contributed by atoms with van der Waals surface area (Å²) < 4.78 is 1.76. The second-order valence-corrected chi connectivity index (χ2v) is 7.22. The summed E-state index contributed by atoms with van der Waals surface area (Å²) in [5.74, 6) is 0.804. The number of imidazole rings is 1. The average molecular weight is 407 g/mol. The number of H-pyrrole nitrogens is 2. The molecule has 0 spiro atoms. The van der Waals surface area contributed by atoms with Crippen LogP contribution in [0, 0.1) is 4.77 Å². The molecule has 2 aromatic heterocycles. The van der Waals surface area contributed by atoms with Crippen molar-refractivity contribution in [2.24, 2.45) is 0 Å². The van der Waals surface area contributed by atoms with Crippen LogP contribution in [-0.2, 0) is 17.8 Å². The van der Waals surface area contributed by atoms with E-state index in [1.165, 1.54) is 4.57 Å². The van der Waals surface area contributed by atoms with Gasteiger partial charge in [0.2, 0.25) is 5.91 Å². The molecule has 4 rings (SSSR count). The second-order valence-electron chi connectivity index (χ2n) is 6.84. The molecule has 0 saturated heterocycles. The maximum atomic E-state index is 12.6. The number of carbonyl (C=O) groups excluding carboxylic acids is 1. The van der Waals surface area contributed by atoms with E-state index in [9.17, 15) is 9.59 Å². The quantitative estimate of drug-likeness (QED) is 0.324. The van der Waals surface area contributed by atoms with Gasteiger partial charge in [0.25, 0.3) is 5.56 Å². The molecule has 4 aromatic rings. The number of fused-ring (bicyclic) bond motifs is 2. The minimum Gasteiger partial charge on any atom is -0.356 e. The summed E-state index contributed by atoms with van der Waals surface area (Å²) in [7, 11) is 0. The zero-order valence-electron chi connectivity index (χ0n) is 15.8. The number of nitrogens with one attached hydrogen (secondary N) is 3. The van der Waals surface area contributed by atoms with E-state index in [4.69, 9.17) is 12.2 Å². The van der Waals surface area contributed by atoms with Gasteiger partial charge in [0, 0.05) is 25.9 Å². The van der Waals surface area contributed by atoms with Gasteiger partial charge in [-0.15, -0.1) is 0 Å². The molecule has 29 heavy (non-hydrogen) atoms. The molecule has 2 heterocycles. The minimum absolute atomic E-state index is 0.107. The molecule has 0 saturated carbocycles. The van der Waals surface area contributed by atoms with E-state index in [2.05, 4.69) is 20.3 Å². The van der Waals surface area contributed by atoms with Crippen molar-refractivity contribution in [1.29, 1.82) is 0 Å². The Kier molecular flexibility index (Phi) is 5.53. The largest absolute Gasteiger partial charge is 0.356 e. The number of aromatic amines is 2. The van der Waals surface area contributed by atoms with Crippen molar-refractivity contribution in [3.63, 3.8) is 0 Å². The normalized spacial score (nSPS) is 11.2. The number of amides is 1. The Balaban J connectivity index is 1.29. The van der Waals surface area contributed by atoms with E-state index < -0.39 is 0 Å². The molecule has 148 valence electrons. The smallest absolute Gasteiger partial charge is 0.262 e. The summed E-state index contributed by atoms with van der Waals surface area (Å²) in [6, 6.07) is 15.1. The lowest BCUT2D eigenvalue weighted by Gasteiger charge is -2.08. The Labute approximate surface area is 171 Å². The van der Waals surface area contributed by atoms with Gasteiger partial charge in [-0.3, -0.25) is 14.2 Å². The van der Waals surface area contributed by atoms with Crippen LogP contribution in [-0.4, -0.2) is 32.0 Å². The Morgan fingerprint density at radius 3 is 2.66 bits per heavy atom. The first-order chi connectivity index (χ1) is 14.1. The summed E-state index contributed by atoms with van der Waals surface area (Å²) in [5.41, 5.74) is 2.49. The molecular weight excluding hydrogens is 386 g/mol. The second kappa shape index (κ2) is 8.40. The van der Waals surface area contributed by atoms with E-state index >= 15 is 0 Å². The van der Waals surface area contributed by atoms with Crippen LogP contribution >= 0.6 is 12.2 Å². The van der Waals surface area contributed by atoms with Crippen LogP contribution in [0.3, 0.4) is 0 Å². The molecule has 1 amide bonds. The highest BCUT2D eigenvalue weighted by Gasteiger charge is 2.08. The fourth-order valence-electron chi connectivity index (χ4n) is 3.31. The van der Waals surface area contributed by atoms with Crippen LogP contribution in [0.1, 0.15) is 18.7 Å². The molecular formula is C21H21N5O2S. The topological polar surface area (TPSA) is 95.6 Å². The molecule has 2 aromatic carbocycles. The number of nitrogens with zero attached hydrogens (tertiary/aromatic N) is 2. The summed E-state index contributed by atoms with van der Waals surface area (Å²) >= 11 is 5.27. The third kappa shape index (κ3) is 4.27. The Hall–Kier alpha value is -3.26. The van der Waals surface area contributed by atoms with Crippen molar-refractivity contribution in [3.8, 4) is 0 Å². The third-order valence-corrected chi connectivity index (χ3v) is 5.13. The van der Waals surface area contributed by atoms with E-state index in [-0.39, 0.29) is 24.4 Å². The molecule has 0 aliphatic carbocycles. The van der Waals surface area contributed by atoms with Gasteiger partial charge in [-0.2, -0.15) is 0 Å². The van der Waals surface area contributed by atoms with Crippen molar-refractivity contribution >= 4 is 40.1 Å². The molecule has 0 unspecified atom stereocenters. The fourth-order valence-corrected chi connectivity index (χ4v) is 3.60. The van der Waals surface area contributed by atoms with Crippen LogP contribution in [0.4, 0.5) is 0 Å². The number of hydrogen-bond acceptors (Lipinski definition) is 4. The lowest BCUT2D eigenvalue weighted by atomic mass is 10.2. The highest BCUT2D eigenvalue weighted by molar-refractivity contribution is 7.71. The molecule has 0 atom stereocenters. The summed E-state index contributed by atoms with van der Waals surface area (Å²) in [4.78, 5) is 35.6. The average Bonchev–Trinajstić information content (AvgIpc) is 3.14. The minimum atomic E-state index is -0.179. The third-order valence-electron chi connectivity index (χ3n) is 4.80. The van der Waals surface area contributed by atoms with E-state index in [0.29, 0.717) is 22.2 Å². The highest BCUT2D eigenvalue weighted by Crippen LogP contribution is 2.11. The molecule has 8 heteroatoms. The van der Waals surface area contributed by atoms with Crippen LogP contribution in [0.15, 0.2) is 53.3 Å². The molecule has 0 bridgehead atoms. The van der Waals surface area contributed by atoms with E-state index in [0.717, 1.165) is 29.7 Å². The van der Waals surface area contributed by atoms with Gasteiger partial charge in [0.1, 0.15) is 5.82 Å². The van der Waals surface area contributed by atoms with Crippen LogP contribution in [0.5, 0.6) is 0 Å². The monoisotopic (exact) mass is 407 g/mol. The Morgan fingerprint density at radius 2 is 1.83 bits per heavy atom. The fraction of sp³-hybridized carbons (Fsp3) is 0.238. The summed E-state index contributed by atoms with van der Waals surface area (Å²) in [6.45, 7) is 0.795. The number of benzene rings is 2. The van der Waals surface area contributed by atoms with Crippen LogP contribution in [0.25, 0.3) is 21.9 Å². The van der Waals surface area contributed by atoms with Crippen molar-refractivity contribution in [2.45, 2.75) is 25.8 Å². The summed E-state index contributed by atoms with van der Waals surface area (Å²) in [5, 5.41) is 3.46. The maximum Gasteiger partial charge on any atom is 0.262 e. The first-order valence-electron chi connectivity index (χ1n) is 9.54. The van der Waals surface area contributed by atoms with Crippen molar-refractivity contribution < 1.29 is 4.79 Å². The zero-order chi connectivity index (χ0) is 20.2. The van der Waals surface area contributed by atoms with Crippen LogP contribution in [0.2, 0.25) is 0 Å². The van der Waals surface area contributed by atoms with E-state index in [1.807, 2.05) is 36.4 Å². The lowest BCUT2D eigenvalue weighted by molar-refractivity contribution is -0.121. The van der Waals surface area contributed by atoms with E-state index in [1.54, 1.807) is 12.1 Å². The van der Waals surface area contributed by atoms with Gasteiger partial charge in [-0.1, -0.05) is 24.3 Å². The molecule has 0 aliphatic heterocycles. The van der Waals surface area contributed by atoms with Crippen molar-refractivity contribution in [3.05, 3.63) is 69.5 Å². The first-order valence-corrected chi connectivity index (χ1v) is 9.95.